The van der Waals surface area contributed by atoms with Crippen LogP contribution in [0.3, 0.4) is 0 Å². The number of nitrogens with one attached hydrogen (secondary N) is 1. The summed E-state index contributed by atoms with van der Waals surface area (Å²) in [5.41, 5.74) is -0.318. The number of methoxy groups -OCH3 is 1. The first-order valence-corrected chi connectivity index (χ1v) is 7.69. The largest absolute Gasteiger partial charge is 0.481 e. The van der Waals surface area contributed by atoms with Crippen LogP contribution in [-0.4, -0.2) is 43.5 Å². The predicted octanol–water partition coefficient (Wildman–Crippen LogP) is 0.397. The first kappa shape index (κ1) is 13.8. The fourth-order valence-corrected chi connectivity index (χ4v) is 4.18. The minimum Gasteiger partial charge on any atom is -0.481 e. The average Bonchev–Trinajstić information content (AvgIpc) is 2.63. The van der Waals surface area contributed by atoms with E-state index < -0.39 is 15.4 Å². The Labute approximate surface area is 112 Å². The molecular formula is C12H16N2O4S. The lowest BCUT2D eigenvalue weighted by Crippen LogP contribution is -2.46. The monoisotopic (exact) mass is 284 g/mol. The molecule has 1 aromatic rings. The zero-order valence-corrected chi connectivity index (χ0v) is 11.7. The van der Waals surface area contributed by atoms with Gasteiger partial charge in [-0.15, -0.1) is 0 Å². The summed E-state index contributed by atoms with van der Waals surface area (Å²) in [4.78, 5) is 16.0. The van der Waals surface area contributed by atoms with Crippen LogP contribution in [0.1, 0.15) is 23.7 Å². The number of amides is 1. The van der Waals surface area contributed by atoms with Crippen molar-refractivity contribution in [3.8, 4) is 5.88 Å². The van der Waals surface area contributed by atoms with Crippen molar-refractivity contribution in [3.05, 3.63) is 23.9 Å². The number of sulfone groups is 1. The zero-order valence-electron chi connectivity index (χ0n) is 10.8. The predicted molar refractivity (Wildman–Crippen MR) is 69.9 cm³/mol. The molecule has 6 nitrogen and oxygen atoms in total. The van der Waals surface area contributed by atoms with Crippen LogP contribution in [0.5, 0.6) is 5.88 Å². The molecule has 2 rings (SSSR count). The average molecular weight is 284 g/mol. The molecule has 1 aliphatic rings. The molecule has 0 spiro atoms. The van der Waals surface area contributed by atoms with E-state index in [0.29, 0.717) is 17.9 Å². The van der Waals surface area contributed by atoms with Crippen LogP contribution >= 0.6 is 0 Å². The van der Waals surface area contributed by atoms with Gasteiger partial charge in [0.15, 0.2) is 9.84 Å². The molecule has 104 valence electrons. The summed E-state index contributed by atoms with van der Waals surface area (Å²) in [6.07, 6.45) is 1.84. The van der Waals surface area contributed by atoms with Gasteiger partial charge in [0.1, 0.15) is 0 Å². The second-order valence-corrected chi connectivity index (χ2v) is 7.13. The maximum atomic E-state index is 12.0. The van der Waals surface area contributed by atoms with Crippen LogP contribution < -0.4 is 10.1 Å². The molecule has 0 bridgehead atoms. The number of carbonyl (C=O) groups is 1. The van der Waals surface area contributed by atoms with Crippen molar-refractivity contribution in [2.24, 2.45) is 0 Å². The lowest BCUT2D eigenvalue weighted by molar-refractivity contribution is 0.0915. The summed E-state index contributed by atoms with van der Waals surface area (Å²) < 4.78 is 27.8. The van der Waals surface area contributed by atoms with Gasteiger partial charge < -0.3 is 10.1 Å². The summed E-state index contributed by atoms with van der Waals surface area (Å²) in [7, 11) is -1.55. The number of hydrogen-bond donors (Lipinski definition) is 1. The van der Waals surface area contributed by atoms with Crippen LogP contribution in [0.4, 0.5) is 0 Å². The van der Waals surface area contributed by atoms with Crippen molar-refractivity contribution < 1.29 is 17.9 Å². The van der Waals surface area contributed by atoms with Crippen LogP contribution in [0.15, 0.2) is 18.3 Å². The van der Waals surface area contributed by atoms with Gasteiger partial charge >= 0.3 is 0 Å². The molecule has 0 radical (unpaired) electrons. The van der Waals surface area contributed by atoms with Crippen molar-refractivity contribution >= 4 is 15.7 Å². The van der Waals surface area contributed by atoms with Crippen LogP contribution in [0.25, 0.3) is 0 Å². The highest BCUT2D eigenvalue weighted by Gasteiger charge is 2.39. The van der Waals surface area contributed by atoms with Crippen LogP contribution in [-0.2, 0) is 9.84 Å². The molecular weight excluding hydrogens is 268 g/mol. The van der Waals surface area contributed by atoms with Crippen LogP contribution in [0.2, 0.25) is 0 Å². The minimum atomic E-state index is -3.04. The van der Waals surface area contributed by atoms with Crippen molar-refractivity contribution in [1.29, 1.82) is 0 Å². The van der Waals surface area contributed by atoms with Gasteiger partial charge in [0.05, 0.1) is 29.7 Å². The maximum absolute atomic E-state index is 12.0. The van der Waals surface area contributed by atoms with Crippen molar-refractivity contribution in [2.75, 3.05) is 18.6 Å². The quantitative estimate of drug-likeness (QED) is 0.868. The Hall–Kier alpha value is -1.63. The minimum absolute atomic E-state index is 0.0185. The Morgan fingerprint density at radius 3 is 2.68 bits per heavy atom. The number of carbonyl (C=O) groups excluding carboxylic acids is 1. The Kier molecular flexibility index (Phi) is 3.49. The molecule has 0 saturated carbocycles. The van der Waals surface area contributed by atoms with Gasteiger partial charge in [0.2, 0.25) is 5.88 Å². The Bertz CT molecular complexity index is 582. The summed E-state index contributed by atoms with van der Waals surface area (Å²) in [6.45, 7) is 1.74. The SMILES string of the molecule is COc1ccc(C(=O)NC2(C)CCS(=O)(=O)C2)cn1. The van der Waals surface area contributed by atoms with E-state index in [4.69, 9.17) is 4.74 Å². The van der Waals surface area contributed by atoms with Crippen LogP contribution in [0, 0.1) is 0 Å². The smallest absolute Gasteiger partial charge is 0.253 e. The highest BCUT2D eigenvalue weighted by molar-refractivity contribution is 7.91. The number of aromatic nitrogens is 1. The van der Waals surface area contributed by atoms with Gasteiger partial charge in [0, 0.05) is 12.3 Å². The molecule has 1 aromatic heterocycles. The third kappa shape index (κ3) is 3.23. The summed E-state index contributed by atoms with van der Waals surface area (Å²) >= 11 is 0. The van der Waals surface area contributed by atoms with Gasteiger partial charge in [-0.3, -0.25) is 4.79 Å². The second-order valence-electron chi connectivity index (χ2n) is 4.95. The molecule has 1 saturated heterocycles. The molecule has 1 unspecified atom stereocenters. The van der Waals surface area contributed by atoms with Gasteiger partial charge in [-0.2, -0.15) is 0 Å². The first-order valence-electron chi connectivity index (χ1n) is 5.87. The third-order valence-corrected chi connectivity index (χ3v) is 5.03. The molecule has 1 aliphatic heterocycles. The zero-order chi connectivity index (χ0) is 14.1. The van der Waals surface area contributed by atoms with E-state index in [2.05, 4.69) is 10.3 Å². The number of pyridine rings is 1. The van der Waals surface area contributed by atoms with E-state index in [1.807, 2.05) is 0 Å². The molecule has 1 N–H and O–H groups in total. The molecule has 1 fully saturated rings. The lowest BCUT2D eigenvalue weighted by atomic mass is 10.0. The Balaban J connectivity index is 2.08. The fraction of sp³-hybridized carbons (Fsp3) is 0.500. The summed E-state index contributed by atoms with van der Waals surface area (Å²) in [5, 5.41) is 2.77. The lowest BCUT2D eigenvalue weighted by Gasteiger charge is -2.23. The van der Waals surface area contributed by atoms with Gasteiger partial charge in [-0.05, 0) is 19.4 Å². The maximum Gasteiger partial charge on any atom is 0.253 e. The van der Waals surface area contributed by atoms with E-state index in [1.165, 1.54) is 13.3 Å². The van der Waals surface area contributed by atoms with E-state index in [0.717, 1.165) is 0 Å². The Morgan fingerprint density at radius 1 is 1.47 bits per heavy atom. The molecule has 0 aromatic carbocycles. The molecule has 0 aliphatic carbocycles. The molecule has 7 heteroatoms. The van der Waals surface area contributed by atoms with Crippen molar-refractivity contribution in [2.45, 2.75) is 18.9 Å². The number of ether oxygens (including phenoxy) is 1. The van der Waals surface area contributed by atoms with Gasteiger partial charge in [-0.1, -0.05) is 0 Å². The normalized spacial score (nSPS) is 24.9. The van der Waals surface area contributed by atoms with Crippen molar-refractivity contribution in [1.82, 2.24) is 10.3 Å². The van der Waals surface area contributed by atoms with E-state index in [9.17, 15) is 13.2 Å². The number of nitrogens with zero attached hydrogens (tertiary/aromatic N) is 1. The van der Waals surface area contributed by atoms with Gasteiger partial charge in [-0.25, -0.2) is 13.4 Å². The molecule has 2 heterocycles. The Morgan fingerprint density at radius 2 is 2.21 bits per heavy atom. The highest BCUT2D eigenvalue weighted by atomic mass is 32.2. The topological polar surface area (TPSA) is 85.4 Å². The molecule has 1 amide bonds. The third-order valence-electron chi connectivity index (χ3n) is 3.13. The summed E-state index contributed by atoms with van der Waals surface area (Å²) in [5.74, 6) is 0.195. The molecule has 19 heavy (non-hydrogen) atoms. The second kappa shape index (κ2) is 4.80. The highest BCUT2D eigenvalue weighted by Crippen LogP contribution is 2.23. The number of hydrogen-bond acceptors (Lipinski definition) is 5. The van der Waals surface area contributed by atoms with E-state index in [-0.39, 0.29) is 17.4 Å². The van der Waals surface area contributed by atoms with E-state index >= 15 is 0 Å². The summed E-state index contributed by atoms with van der Waals surface area (Å²) in [6, 6.07) is 3.18. The molecule has 1 atom stereocenters. The van der Waals surface area contributed by atoms with Crippen molar-refractivity contribution in [3.63, 3.8) is 0 Å². The van der Waals surface area contributed by atoms with E-state index in [1.54, 1.807) is 19.1 Å². The number of rotatable bonds is 3. The first-order chi connectivity index (χ1) is 8.84. The standard InChI is InChI=1S/C12H16N2O4S/c1-12(5-6-19(16,17)8-12)14-11(15)9-3-4-10(18-2)13-7-9/h3-4,7H,5-6,8H2,1-2H3,(H,14,15). The van der Waals surface area contributed by atoms with Gasteiger partial charge in [0.25, 0.3) is 5.91 Å². The fourth-order valence-electron chi connectivity index (χ4n) is 2.09.